The number of aromatic nitrogens is 2. The highest BCUT2D eigenvalue weighted by atomic mass is 32.1. The van der Waals surface area contributed by atoms with Gasteiger partial charge in [-0.2, -0.15) is 0 Å². The first kappa shape index (κ1) is 19.5. The van der Waals surface area contributed by atoms with Gasteiger partial charge in [0.25, 0.3) is 5.78 Å². The molecule has 1 fully saturated rings. The van der Waals surface area contributed by atoms with Crippen LogP contribution in [0.3, 0.4) is 0 Å². The van der Waals surface area contributed by atoms with E-state index in [0.717, 1.165) is 0 Å². The summed E-state index contributed by atoms with van der Waals surface area (Å²) in [5.74, 6) is -1.23. The monoisotopic (exact) mass is 419 g/mol. The number of rotatable bonds is 6. The molecule has 1 aromatic carbocycles. The highest BCUT2D eigenvalue weighted by Gasteiger charge is 2.48. The molecule has 150 valence electrons. The molecule has 7 nitrogen and oxygen atoms in total. The summed E-state index contributed by atoms with van der Waals surface area (Å²) in [7, 11) is 0. The Morgan fingerprint density at radius 1 is 1.23 bits per heavy atom. The number of thiazole rings is 1. The second-order valence-electron chi connectivity index (χ2n) is 6.39. The lowest BCUT2D eigenvalue weighted by atomic mass is 9.95. The van der Waals surface area contributed by atoms with Gasteiger partial charge in [0.2, 0.25) is 0 Å². The number of ether oxygens (including phenoxy) is 1. The zero-order chi connectivity index (χ0) is 21.1. The molecule has 1 N–H and O–H groups in total. The van der Waals surface area contributed by atoms with Gasteiger partial charge in [0, 0.05) is 29.5 Å². The van der Waals surface area contributed by atoms with E-state index in [-0.39, 0.29) is 11.3 Å². The van der Waals surface area contributed by atoms with E-state index < -0.39 is 17.7 Å². The summed E-state index contributed by atoms with van der Waals surface area (Å²) in [5, 5.41) is 13.0. The molecule has 1 aliphatic rings. The molecule has 3 heterocycles. The van der Waals surface area contributed by atoms with Crippen LogP contribution in [0.2, 0.25) is 0 Å². The van der Waals surface area contributed by atoms with Crippen LogP contribution in [0, 0.1) is 0 Å². The number of nitrogens with zero attached hydrogens (tertiary/aromatic N) is 3. The number of pyridine rings is 1. The van der Waals surface area contributed by atoms with Crippen molar-refractivity contribution < 1.29 is 19.4 Å². The largest absolute Gasteiger partial charge is 0.507 e. The summed E-state index contributed by atoms with van der Waals surface area (Å²) in [6.45, 7) is 3.95. The molecular formula is C22H17N3O4S. The van der Waals surface area contributed by atoms with E-state index in [1.54, 1.807) is 54.1 Å². The number of benzene rings is 1. The van der Waals surface area contributed by atoms with Crippen LogP contribution in [0.4, 0.5) is 5.13 Å². The predicted molar refractivity (Wildman–Crippen MR) is 113 cm³/mol. The Hall–Kier alpha value is -3.78. The van der Waals surface area contributed by atoms with E-state index in [9.17, 15) is 14.7 Å². The summed E-state index contributed by atoms with van der Waals surface area (Å²) >= 11 is 1.24. The minimum Gasteiger partial charge on any atom is -0.507 e. The van der Waals surface area contributed by atoms with Crippen molar-refractivity contribution in [3.8, 4) is 5.75 Å². The van der Waals surface area contributed by atoms with Gasteiger partial charge in [-0.3, -0.25) is 19.5 Å². The van der Waals surface area contributed by atoms with Gasteiger partial charge in [0.05, 0.1) is 11.6 Å². The zero-order valence-electron chi connectivity index (χ0n) is 15.8. The lowest BCUT2D eigenvalue weighted by Crippen LogP contribution is -2.29. The van der Waals surface area contributed by atoms with Crippen LogP contribution in [0.5, 0.6) is 5.75 Å². The quantitative estimate of drug-likeness (QED) is 0.283. The number of ketones is 1. The Balaban J connectivity index is 1.90. The molecule has 1 amide bonds. The second kappa shape index (κ2) is 8.30. The van der Waals surface area contributed by atoms with Gasteiger partial charge in [-0.15, -0.1) is 11.3 Å². The normalized spacial score (nSPS) is 17.9. The highest BCUT2D eigenvalue weighted by Crippen LogP contribution is 2.43. The second-order valence-corrected chi connectivity index (χ2v) is 7.26. The van der Waals surface area contributed by atoms with Gasteiger partial charge < -0.3 is 9.84 Å². The Morgan fingerprint density at radius 2 is 2.03 bits per heavy atom. The van der Waals surface area contributed by atoms with Crippen molar-refractivity contribution in [3.05, 3.63) is 89.7 Å². The van der Waals surface area contributed by atoms with Gasteiger partial charge in [-0.1, -0.05) is 24.8 Å². The van der Waals surface area contributed by atoms with E-state index in [4.69, 9.17) is 4.74 Å². The maximum absolute atomic E-state index is 13.0. The summed E-state index contributed by atoms with van der Waals surface area (Å²) in [6.07, 6.45) is 6.19. The lowest BCUT2D eigenvalue weighted by Gasteiger charge is -2.23. The van der Waals surface area contributed by atoms with E-state index in [0.29, 0.717) is 28.6 Å². The fraction of sp³-hybridized carbons (Fsp3) is 0.0909. The molecule has 0 radical (unpaired) electrons. The minimum atomic E-state index is -0.850. The highest BCUT2D eigenvalue weighted by molar-refractivity contribution is 7.14. The average molecular weight is 419 g/mol. The molecule has 1 atom stereocenters. The SMILES string of the molecule is C=CCOc1cccc(C2/C(=C(\O)c3ccncc3)C(=O)C(=O)N2c2nccs2)c1. The molecular weight excluding hydrogens is 402 g/mol. The van der Waals surface area contributed by atoms with Crippen LogP contribution in [-0.4, -0.2) is 33.4 Å². The number of carbonyl (C=O) groups excluding carboxylic acids is 2. The van der Waals surface area contributed by atoms with Gasteiger partial charge in [0.1, 0.15) is 18.1 Å². The van der Waals surface area contributed by atoms with Gasteiger partial charge in [-0.25, -0.2) is 4.98 Å². The first-order valence-corrected chi connectivity index (χ1v) is 9.94. The van der Waals surface area contributed by atoms with Crippen molar-refractivity contribution in [2.75, 3.05) is 11.5 Å². The molecule has 8 heteroatoms. The maximum Gasteiger partial charge on any atom is 0.301 e. The first-order chi connectivity index (χ1) is 14.6. The smallest absolute Gasteiger partial charge is 0.301 e. The molecule has 4 rings (SSSR count). The third kappa shape index (κ3) is 3.48. The average Bonchev–Trinajstić information content (AvgIpc) is 3.39. The lowest BCUT2D eigenvalue weighted by molar-refractivity contribution is -0.132. The molecule has 1 saturated heterocycles. The standard InChI is InChI=1S/C22H17N3O4S/c1-2-11-29-16-5-3-4-15(13-16)18-17(19(26)14-6-8-23-9-7-14)20(27)21(28)25(18)22-24-10-12-30-22/h2-10,12-13,18,26H,1,11H2/b19-17+. The van der Waals surface area contributed by atoms with Crippen molar-refractivity contribution in [1.29, 1.82) is 0 Å². The Bertz CT molecular complexity index is 1130. The summed E-state index contributed by atoms with van der Waals surface area (Å²) in [5.41, 5.74) is 0.995. The topological polar surface area (TPSA) is 92.6 Å². The van der Waals surface area contributed by atoms with E-state index in [2.05, 4.69) is 16.5 Å². The first-order valence-electron chi connectivity index (χ1n) is 9.06. The molecule has 1 aliphatic heterocycles. The number of aliphatic hydroxyl groups excluding tert-OH is 1. The Labute approximate surface area is 176 Å². The molecule has 0 aliphatic carbocycles. The van der Waals surface area contributed by atoms with Crippen LogP contribution < -0.4 is 9.64 Å². The molecule has 0 spiro atoms. The van der Waals surface area contributed by atoms with Gasteiger partial charge in [0.15, 0.2) is 5.13 Å². The van der Waals surface area contributed by atoms with Crippen LogP contribution in [0.1, 0.15) is 17.2 Å². The van der Waals surface area contributed by atoms with E-state index in [1.807, 2.05) is 0 Å². The molecule has 2 aromatic heterocycles. The van der Waals surface area contributed by atoms with E-state index in [1.165, 1.54) is 28.6 Å². The summed E-state index contributed by atoms with van der Waals surface area (Å²) in [6, 6.07) is 9.35. The van der Waals surface area contributed by atoms with Crippen molar-refractivity contribution in [1.82, 2.24) is 9.97 Å². The molecule has 0 bridgehead atoms. The summed E-state index contributed by atoms with van der Waals surface area (Å²) < 4.78 is 5.61. The fourth-order valence-electron chi connectivity index (χ4n) is 3.27. The molecule has 0 saturated carbocycles. The van der Waals surface area contributed by atoms with Crippen molar-refractivity contribution in [2.24, 2.45) is 0 Å². The number of amides is 1. The molecule has 1 unspecified atom stereocenters. The van der Waals surface area contributed by atoms with Crippen LogP contribution >= 0.6 is 11.3 Å². The van der Waals surface area contributed by atoms with Crippen LogP contribution in [0.15, 0.2) is 78.6 Å². The van der Waals surface area contributed by atoms with Crippen LogP contribution in [-0.2, 0) is 9.59 Å². The Kier molecular flexibility index (Phi) is 5.40. The predicted octanol–water partition coefficient (Wildman–Crippen LogP) is 3.73. The van der Waals surface area contributed by atoms with Crippen molar-refractivity contribution >= 4 is 33.9 Å². The van der Waals surface area contributed by atoms with Crippen molar-refractivity contribution in [3.63, 3.8) is 0 Å². The number of anilines is 1. The van der Waals surface area contributed by atoms with Crippen molar-refractivity contribution in [2.45, 2.75) is 6.04 Å². The fourth-order valence-corrected chi connectivity index (χ4v) is 3.94. The summed E-state index contributed by atoms with van der Waals surface area (Å²) in [4.78, 5) is 35.4. The third-order valence-electron chi connectivity index (χ3n) is 4.57. The number of Topliss-reactive ketones (excluding diaryl/α,β-unsaturated/α-hetero) is 1. The Morgan fingerprint density at radius 3 is 2.73 bits per heavy atom. The van der Waals surface area contributed by atoms with Gasteiger partial charge >= 0.3 is 5.91 Å². The van der Waals surface area contributed by atoms with Gasteiger partial charge in [-0.05, 0) is 29.8 Å². The number of hydrogen-bond acceptors (Lipinski definition) is 7. The maximum atomic E-state index is 13.0. The molecule has 3 aromatic rings. The minimum absolute atomic E-state index is 0.0118. The number of hydrogen-bond donors (Lipinski definition) is 1. The third-order valence-corrected chi connectivity index (χ3v) is 5.34. The van der Waals surface area contributed by atoms with E-state index >= 15 is 0 Å². The van der Waals surface area contributed by atoms with Crippen LogP contribution in [0.25, 0.3) is 5.76 Å². The zero-order valence-corrected chi connectivity index (χ0v) is 16.6. The number of carbonyl (C=O) groups is 2. The number of aliphatic hydroxyl groups is 1. The molecule has 30 heavy (non-hydrogen) atoms.